The fraction of sp³-hybridized carbons (Fsp3) is 0.167. The lowest BCUT2D eigenvalue weighted by Gasteiger charge is -2.08. The smallest absolute Gasteiger partial charge is 0.309 e. The number of nitrogens with zero attached hydrogens (tertiary/aromatic N) is 1. The summed E-state index contributed by atoms with van der Waals surface area (Å²) in [6.07, 6.45) is 0.187. The van der Waals surface area contributed by atoms with Gasteiger partial charge in [0.2, 0.25) is 0 Å². The number of rotatable bonds is 6. The highest BCUT2D eigenvalue weighted by molar-refractivity contribution is 5.92. The summed E-state index contributed by atoms with van der Waals surface area (Å²) in [5.41, 5.74) is 1.80. The Balaban J connectivity index is 1.85. The van der Waals surface area contributed by atoms with E-state index in [1.165, 1.54) is 7.11 Å². The van der Waals surface area contributed by atoms with Gasteiger partial charge in [0.25, 0.3) is 5.91 Å². The summed E-state index contributed by atoms with van der Waals surface area (Å²) in [6.45, 7) is -0.160. The highest BCUT2D eigenvalue weighted by Gasteiger charge is 2.06. The van der Waals surface area contributed by atoms with Gasteiger partial charge in [0.1, 0.15) is 5.75 Å². The molecule has 0 aliphatic carbocycles. The first-order valence-electron chi connectivity index (χ1n) is 7.19. The molecule has 0 heterocycles. The molecule has 0 saturated heterocycles. The van der Waals surface area contributed by atoms with Crippen LogP contribution in [0.1, 0.15) is 11.1 Å². The van der Waals surface area contributed by atoms with E-state index in [2.05, 4.69) is 10.1 Å². The zero-order chi connectivity index (χ0) is 17.4. The molecule has 0 aliphatic rings. The van der Waals surface area contributed by atoms with Gasteiger partial charge in [-0.3, -0.25) is 9.59 Å². The predicted octanol–water partition coefficient (Wildman–Crippen LogP) is 2.29. The number of hydrogen-bond donors (Lipinski definition) is 1. The van der Waals surface area contributed by atoms with Gasteiger partial charge in [0.15, 0.2) is 6.61 Å². The molecule has 0 atom stereocenters. The molecule has 1 N–H and O–H groups in total. The fourth-order valence-electron chi connectivity index (χ4n) is 1.95. The van der Waals surface area contributed by atoms with Crippen molar-refractivity contribution in [3.8, 4) is 11.8 Å². The maximum Gasteiger partial charge on any atom is 0.309 e. The van der Waals surface area contributed by atoms with Crippen LogP contribution in [0.4, 0.5) is 5.69 Å². The molecule has 0 fully saturated rings. The highest BCUT2D eigenvalue weighted by atomic mass is 16.5. The van der Waals surface area contributed by atoms with E-state index in [4.69, 9.17) is 10.00 Å². The zero-order valence-electron chi connectivity index (χ0n) is 13.1. The maximum atomic E-state index is 11.9. The van der Waals surface area contributed by atoms with Crippen molar-refractivity contribution in [3.05, 3.63) is 59.7 Å². The summed E-state index contributed by atoms with van der Waals surface area (Å²) in [4.78, 5) is 23.0. The number of amides is 1. The average molecular weight is 324 g/mol. The first kappa shape index (κ1) is 17.0. The lowest BCUT2D eigenvalue weighted by atomic mass is 10.1. The highest BCUT2D eigenvalue weighted by Crippen LogP contribution is 2.14. The molecule has 122 valence electrons. The molecule has 0 spiro atoms. The Kier molecular flexibility index (Phi) is 5.92. The van der Waals surface area contributed by atoms with Gasteiger partial charge in [-0.15, -0.1) is 0 Å². The van der Waals surface area contributed by atoms with E-state index < -0.39 is 0 Å². The third kappa shape index (κ3) is 5.14. The Morgan fingerprint density at radius 1 is 1.17 bits per heavy atom. The number of nitrogens with one attached hydrogen (secondary N) is 1. The van der Waals surface area contributed by atoms with Crippen LogP contribution in [-0.2, 0) is 20.7 Å². The number of hydrogen-bond acceptors (Lipinski definition) is 5. The minimum Gasteiger partial charge on any atom is -0.484 e. The van der Waals surface area contributed by atoms with E-state index in [-0.39, 0.29) is 24.9 Å². The second-order valence-corrected chi connectivity index (χ2v) is 4.93. The third-order valence-corrected chi connectivity index (χ3v) is 3.14. The van der Waals surface area contributed by atoms with Crippen LogP contribution in [0.5, 0.6) is 5.75 Å². The van der Waals surface area contributed by atoms with Gasteiger partial charge >= 0.3 is 5.97 Å². The van der Waals surface area contributed by atoms with Crippen LogP contribution < -0.4 is 10.1 Å². The lowest BCUT2D eigenvalue weighted by Crippen LogP contribution is -2.20. The number of carbonyl (C=O) groups is 2. The van der Waals surface area contributed by atoms with Crippen LogP contribution in [0.2, 0.25) is 0 Å². The summed E-state index contributed by atoms with van der Waals surface area (Å²) in [7, 11) is 1.34. The first-order chi connectivity index (χ1) is 11.6. The number of ether oxygens (including phenoxy) is 2. The van der Waals surface area contributed by atoms with Crippen molar-refractivity contribution in [2.75, 3.05) is 19.0 Å². The van der Waals surface area contributed by atoms with Crippen molar-refractivity contribution in [3.63, 3.8) is 0 Å². The average Bonchev–Trinajstić information content (AvgIpc) is 2.61. The standard InChI is InChI=1S/C18H16N2O4/c1-23-18(22)10-13-5-7-16(8-6-13)24-12-17(21)20-15-4-2-3-14(9-15)11-19/h2-9H,10,12H2,1H3,(H,20,21). The number of esters is 1. The molecule has 0 aliphatic heterocycles. The predicted molar refractivity (Wildman–Crippen MR) is 87.4 cm³/mol. The molecule has 0 bridgehead atoms. The summed E-state index contributed by atoms with van der Waals surface area (Å²) < 4.78 is 9.98. The Morgan fingerprint density at radius 2 is 1.92 bits per heavy atom. The van der Waals surface area contributed by atoms with Crippen molar-refractivity contribution < 1.29 is 19.1 Å². The summed E-state index contributed by atoms with van der Waals surface area (Å²) in [5, 5.41) is 11.5. The van der Waals surface area contributed by atoms with Crippen LogP contribution in [-0.4, -0.2) is 25.6 Å². The molecular weight excluding hydrogens is 308 g/mol. The Hall–Kier alpha value is -3.33. The van der Waals surface area contributed by atoms with Crippen LogP contribution in [0.3, 0.4) is 0 Å². The van der Waals surface area contributed by atoms with E-state index in [1.807, 2.05) is 6.07 Å². The van der Waals surface area contributed by atoms with Crippen molar-refractivity contribution >= 4 is 17.6 Å². The second-order valence-electron chi connectivity index (χ2n) is 4.93. The SMILES string of the molecule is COC(=O)Cc1ccc(OCC(=O)Nc2cccc(C#N)c2)cc1. The molecule has 6 nitrogen and oxygen atoms in total. The van der Waals surface area contributed by atoms with E-state index in [9.17, 15) is 9.59 Å². The molecule has 1 amide bonds. The number of carbonyl (C=O) groups excluding carboxylic acids is 2. The minimum absolute atomic E-state index is 0.160. The quantitative estimate of drug-likeness (QED) is 0.824. The number of nitriles is 1. The molecule has 0 unspecified atom stereocenters. The Bertz CT molecular complexity index is 763. The number of benzene rings is 2. The minimum atomic E-state index is -0.330. The van der Waals surface area contributed by atoms with Gasteiger partial charge < -0.3 is 14.8 Å². The van der Waals surface area contributed by atoms with E-state index in [0.29, 0.717) is 17.0 Å². The molecule has 0 radical (unpaired) electrons. The molecule has 6 heteroatoms. The van der Waals surface area contributed by atoms with Crippen LogP contribution in [0, 0.1) is 11.3 Å². The summed E-state index contributed by atoms with van der Waals surface area (Å²) >= 11 is 0. The van der Waals surface area contributed by atoms with Crippen molar-refractivity contribution in [2.45, 2.75) is 6.42 Å². The van der Waals surface area contributed by atoms with Gasteiger partial charge in [-0.25, -0.2) is 0 Å². The van der Waals surface area contributed by atoms with Gasteiger partial charge in [-0.2, -0.15) is 5.26 Å². The maximum absolute atomic E-state index is 11.9. The van der Waals surface area contributed by atoms with Gasteiger partial charge in [-0.1, -0.05) is 18.2 Å². The number of methoxy groups -OCH3 is 1. The number of anilines is 1. The fourth-order valence-corrected chi connectivity index (χ4v) is 1.95. The molecule has 24 heavy (non-hydrogen) atoms. The Labute approximate surface area is 139 Å². The lowest BCUT2D eigenvalue weighted by molar-refractivity contribution is -0.139. The van der Waals surface area contributed by atoms with Gasteiger partial charge in [0.05, 0.1) is 25.2 Å². The third-order valence-electron chi connectivity index (χ3n) is 3.14. The molecule has 0 saturated carbocycles. The molecule has 2 aromatic carbocycles. The van der Waals surface area contributed by atoms with Crippen molar-refractivity contribution in [1.82, 2.24) is 0 Å². The monoisotopic (exact) mass is 324 g/mol. The molecule has 2 aromatic rings. The van der Waals surface area contributed by atoms with Crippen molar-refractivity contribution in [1.29, 1.82) is 5.26 Å². The van der Waals surface area contributed by atoms with E-state index in [1.54, 1.807) is 48.5 Å². The van der Waals surface area contributed by atoms with Crippen LogP contribution in [0.15, 0.2) is 48.5 Å². The first-order valence-corrected chi connectivity index (χ1v) is 7.19. The zero-order valence-corrected chi connectivity index (χ0v) is 13.1. The normalized spacial score (nSPS) is 9.67. The van der Waals surface area contributed by atoms with Crippen molar-refractivity contribution in [2.24, 2.45) is 0 Å². The van der Waals surface area contributed by atoms with E-state index in [0.717, 1.165) is 5.56 Å². The summed E-state index contributed by atoms with van der Waals surface area (Å²) in [5.74, 6) is -0.129. The van der Waals surface area contributed by atoms with E-state index >= 15 is 0 Å². The molecular formula is C18H16N2O4. The molecule has 0 aromatic heterocycles. The largest absolute Gasteiger partial charge is 0.484 e. The van der Waals surface area contributed by atoms with Gasteiger partial charge in [0, 0.05) is 5.69 Å². The molecule has 2 rings (SSSR count). The second kappa shape index (κ2) is 8.34. The van der Waals surface area contributed by atoms with Crippen LogP contribution >= 0.6 is 0 Å². The van der Waals surface area contributed by atoms with Gasteiger partial charge in [-0.05, 0) is 35.9 Å². The summed E-state index contributed by atoms with van der Waals surface area (Å²) in [6, 6.07) is 15.5. The Morgan fingerprint density at radius 3 is 2.58 bits per heavy atom. The topological polar surface area (TPSA) is 88.4 Å². The van der Waals surface area contributed by atoms with Crippen LogP contribution in [0.25, 0.3) is 0 Å².